The number of hydrogen-bond acceptors (Lipinski definition) is 4. The minimum Gasteiger partial charge on any atom is -0.449 e. The van der Waals surface area contributed by atoms with E-state index in [1.807, 2.05) is 0 Å². The summed E-state index contributed by atoms with van der Waals surface area (Å²) < 4.78 is 9.92. The molecule has 0 aliphatic heterocycles. The van der Waals surface area contributed by atoms with E-state index in [2.05, 4.69) is 11.6 Å². The standard InChI is InChI=1S/C9H11NO3/c1-6(2)9(11)13-7(3)8-10-4-5-12-8/h4-5,7H,1H2,2-3H3. The van der Waals surface area contributed by atoms with Crippen LogP contribution in [0, 0.1) is 0 Å². The Kier molecular flexibility index (Phi) is 2.84. The third-order valence-electron chi connectivity index (χ3n) is 1.43. The highest BCUT2D eigenvalue weighted by Crippen LogP contribution is 2.15. The number of carbonyl (C=O) groups is 1. The normalized spacial score (nSPS) is 12.2. The number of nitrogens with zero attached hydrogens (tertiary/aromatic N) is 1. The van der Waals surface area contributed by atoms with Gasteiger partial charge in [-0.15, -0.1) is 0 Å². The molecular formula is C9H11NO3. The third-order valence-corrected chi connectivity index (χ3v) is 1.43. The lowest BCUT2D eigenvalue weighted by Gasteiger charge is -2.08. The van der Waals surface area contributed by atoms with Gasteiger partial charge in [-0.3, -0.25) is 0 Å². The minimum atomic E-state index is -0.473. The van der Waals surface area contributed by atoms with Gasteiger partial charge in [0.05, 0.1) is 6.20 Å². The first kappa shape index (κ1) is 9.51. The van der Waals surface area contributed by atoms with Crippen molar-refractivity contribution in [2.45, 2.75) is 20.0 Å². The number of oxazole rings is 1. The minimum absolute atomic E-state index is 0.360. The van der Waals surface area contributed by atoms with Crippen LogP contribution in [-0.4, -0.2) is 11.0 Å². The highest BCUT2D eigenvalue weighted by Gasteiger charge is 2.15. The monoisotopic (exact) mass is 181 g/mol. The number of ether oxygens (including phenoxy) is 1. The second-order valence-corrected chi connectivity index (χ2v) is 2.70. The molecule has 1 unspecified atom stereocenters. The zero-order valence-electron chi connectivity index (χ0n) is 7.61. The number of aromatic nitrogens is 1. The van der Waals surface area contributed by atoms with E-state index in [-0.39, 0.29) is 0 Å². The van der Waals surface area contributed by atoms with Gasteiger partial charge in [0.2, 0.25) is 5.89 Å². The molecule has 0 N–H and O–H groups in total. The van der Waals surface area contributed by atoms with E-state index in [1.54, 1.807) is 13.8 Å². The van der Waals surface area contributed by atoms with Crippen molar-refractivity contribution < 1.29 is 13.9 Å². The zero-order valence-corrected chi connectivity index (χ0v) is 7.61. The number of esters is 1. The Labute approximate surface area is 76.2 Å². The molecule has 1 aromatic heterocycles. The molecule has 0 aromatic carbocycles. The Hall–Kier alpha value is -1.58. The fraction of sp³-hybridized carbons (Fsp3) is 0.333. The molecule has 0 saturated carbocycles. The molecule has 4 nitrogen and oxygen atoms in total. The SMILES string of the molecule is C=C(C)C(=O)OC(C)c1ncco1. The summed E-state index contributed by atoms with van der Waals surface area (Å²) in [4.78, 5) is 14.9. The molecule has 0 fully saturated rings. The van der Waals surface area contributed by atoms with Crippen LogP contribution in [0.25, 0.3) is 0 Å². The quantitative estimate of drug-likeness (QED) is 0.527. The molecule has 4 heteroatoms. The first-order valence-corrected chi connectivity index (χ1v) is 3.87. The maximum Gasteiger partial charge on any atom is 0.333 e. The first-order valence-electron chi connectivity index (χ1n) is 3.87. The summed E-state index contributed by atoms with van der Waals surface area (Å²) >= 11 is 0. The summed E-state index contributed by atoms with van der Waals surface area (Å²) in [5, 5.41) is 0. The van der Waals surface area contributed by atoms with Crippen LogP contribution in [0.3, 0.4) is 0 Å². The highest BCUT2D eigenvalue weighted by atomic mass is 16.6. The fourth-order valence-corrected chi connectivity index (χ4v) is 0.747. The average Bonchev–Trinajstić information content (AvgIpc) is 2.55. The number of hydrogen-bond donors (Lipinski definition) is 0. The van der Waals surface area contributed by atoms with Crippen molar-refractivity contribution in [3.8, 4) is 0 Å². The topological polar surface area (TPSA) is 52.3 Å². The first-order chi connectivity index (χ1) is 6.11. The Morgan fingerprint density at radius 2 is 2.46 bits per heavy atom. The van der Waals surface area contributed by atoms with Crippen LogP contribution in [0.5, 0.6) is 0 Å². The molecular weight excluding hydrogens is 170 g/mol. The molecule has 0 saturated heterocycles. The molecule has 70 valence electrons. The van der Waals surface area contributed by atoms with Crippen LogP contribution >= 0.6 is 0 Å². The van der Waals surface area contributed by atoms with Gasteiger partial charge in [-0.05, 0) is 13.8 Å². The van der Waals surface area contributed by atoms with Crippen molar-refractivity contribution >= 4 is 5.97 Å². The molecule has 13 heavy (non-hydrogen) atoms. The van der Waals surface area contributed by atoms with Crippen molar-refractivity contribution in [2.75, 3.05) is 0 Å². The smallest absolute Gasteiger partial charge is 0.333 e. The van der Waals surface area contributed by atoms with Crippen molar-refractivity contribution in [1.29, 1.82) is 0 Å². The second kappa shape index (κ2) is 3.89. The maximum absolute atomic E-state index is 11.1. The Balaban J connectivity index is 2.56. The fourth-order valence-electron chi connectivity index (χ4n) is 0.747. The number of rotatable bonds is 3. The van der Waals surface area contributed by atoms with Gasteiger partial charge in [0.1, 0.15) is 6.26 Å². The molecule has 0 radical (unpaired) electrons. The summed E-state index contributed by atoms with van der Waals surface area (Å²) in [6, 6.07) is 0. The van der Waals surface area contributed by atoms with Gasteiger partial charge >= 0.3 is 5.97 Å². The molecule has 1 rings (SSSR count). The van der Waals surface area contributed by atoms with Gasteiger partial charge in [-0.1, -0.05) is 6.58 Å². The summed E-state index contributed by atoms with van der Waals surface area (Å²) in [5.41, 5.74) is 0.360. The molecule has 0 amide bonds. The predicted octanol–water partition coefficient (Wildman–Crippen LogP) is 1.85. The van der Waals surface area contributed by atoms with Gasteiger partial charge in [-0.2, -0.15) is 0 Å². The predicted molar refractivity (Wildman–Crippen MR) is 45.8 cm³/mol. The third kappa shape index (κ3) is 2.43. The van der Waals surface area contributed by atoms with Crippen LogP contribution in [0.2, 0.25) is 0 Å². The van der Waals surface area contributed by atoms with E-state index < -0.39 is 12.1 Å². The van der Waals surface area contributed by atoms with Crippen LogP contribution in [0.15, 0.2) is 29.0 Å². The van der Waals surface area contributed by atoms with E-state index in [9.17, 15) is 4.79 Å². The van der Waals surface area contributed by atoms with E-state index in [4.69, 9.17) is 9.15 Å². The van der Waals surface area contributed by atoms with Gasteiger partial charge < -0.3 is 9.15 Å². The van der Waals surface area contributed by atoms with Gasteiger partial charge in [-0.25, -0.2) is 9.78 Å². The van der Waals surface area contributed by atoms with Gasteiger partial charge in [0.15, 0.2) is 6.10 Å². The molecule has 0 bridgehead atoms. The van der Waals surface area contributed by atoms with Crippen LogP contribution in [-0.2, 0) is 9.53 Å². The van der Waals surface area contributed by atoms with Crippen LogP contribution in [0.1, 0.15) is 25.8 Å². The lowest BCUT2D eigenvalue weighted by molar-refractivity contribution is -0.144. The van der Waals surface area contributed by atoms with Gasteiger partial charge in [0, 0.05) is 5.57 Å². The lowest BCUT2D eigenvalue weighted by atomic mass is 10.3. The summed E-state index contributed by atoms with van der Waals surface area (Å²) in [6.45, 7) is 6.74. The van der Waals surface area contributed by atoms with Crippen LogP contribution < -0.4 is 0 Å². The Bertz CT molecular complexity index is 303. The zero-order chi connectivity index (χ0) is 9.84. The second-order valence-electron chi connectivity index (χ2n) is 2.70. The van der Waals surface area contributed by atoms with Crippen molar-refractivity contribution in [3.05, 3.63) is 30.5 Å². The molecule has 1 heterocycles. The van der Waals surface area contributed by atoms with Crippen molar-refractivity contribution in [2.24, 2.45) is 0 Å². The summed E-state index contributed by atoms with van der Waals surface area (Å²) in [5.74, 6) is -0.0553. The molecule has 0 aliphatic rings. The highest BCUT2D eigenvalue weighted by molar-refractivity contribution is 5.87. The average molecular weight is 181 g/mol. The maximum atomic E-state index is 11.1. The lowest BCUT2D eigenvalue weighted by Crippen LogP contribution is -2.09. The largest absolute Gasteiger partial charge is 0.449 e. The molecule has 1 atom stereocenters. The van der Waals surface area contributed by atoms with Crippen molar-refractivity contribution in [3.63, 3.8) is 0 Å². The summed E-state index contributed by atoms with van der Waals surface area (Å²) in [7, 11) is 0. The van der Waals surface area contributed by atoms with Crippen LogP contribution in [0.4, 0.5) is 0 Å². The number of carbonyl (C=O) groups excluding carboxylic acids is 1. The van der Waals surface area contributed by atoms with E-state index in [0.29, 0.717) is 11.5 Å². The Morgan fingerprint density at radius 1 is 1.77 bits per heavy atom. The molecule has 0 spiro atoms. The van der Waals surface area contributed by atoms with E-state index >= 15 is 0 Å². The van der Waals surface area contributed by atoms with Crippen molar-refractivity contribution in [1.82, 2.24) is 4.98 Å². The van der Waals surface area contributed by atoms with E-state index in [0.717, 1.165) is 0 Å². The molecule has 0 aliphatic carbocycles. The summed E-state index contributed by atoms with van der Waals surface area (Å²) in [6.07, 6.45) is 2.46. The molecule has 1 aromatic rings. The van der Waals surface area contributed by atoms with Gasteiger partial charge in [0.25, 0.3) is 0 Å². The Morgan fingerprint density at radius 3 is 2.92 bits per heavy atom. The van der Waals surface area contributed by atoms with E-state index in [1.165, 1.54) is 12.5 Å².